The molecular weight excluding hydrogens is 351 g/mol. The molecule has 0 radical (unpaired) electrons. The van der Waals surface area contributed by atoms with Gasteiger partial charge >= 0.3 is 6.18 Å². The summed E-state index contributed by atoms with van der Waals surface area (Å²) in [6.07, 6.45) is 1.87. The van der Waals surface area contributed by atoms with Crippen LogP contribution in [-0.2, 0) is 25.6 Å². The molecule has 5 heteroatoms. The summed E-state index contributed by atoms with van der Waals surface area (Å²) in [6.45, 7) is 2.94. The lowest BCUT2D eigenvalue weighted by molar-refractivity contribution is -0.137. The normalized spacial score (nSPS) is 15.8. The molecule has 0 saturated carbocycles. The summed E-state index contributed by atoms with van der Waals surface area (Å²) in [5.41, 5.74) is 2.43. The highest BCUT2D eigenvalue weighted by atomic mass is 19.4. The summed E-state index contributed by atoms with van der Waals surface area (Å²) < 4.78 is 37.8. The molecule has 3 rings (SSSR count). The number of halogens is 3. The fraction of sp³-hybridized carbons (Fsp3) is 0.455. The number of likely N-dealkylation sites (tertiary alicyclic amines) is 1. The lowest BCUT2D eigenvalue weighted by atomic mass is 10.0. The number of phenolic OH excluding ortho intramolecular Hbond substituents is 1. The largest absolute Gasteiger partial charge is 0.508 e. The summed E-state index contributed by atoms with van der Waals surface area (Å²) in [4.78, 5) is 2.38. The second kappa shape index (κ2) is 8.79. The summed E-state index contributed by atoms with van der Waals surface area (Å²) >= 11 is 0. The first-order valence-electron chi connectivity index (χ1n) is 9.61. The van der Waals surface area contributed by atoms with Crippen LogP contribution < -0.4 is 0 Å². The lowest BCUT2D eigenvalue weighted by Crippen LogP contribution is -2.29. The third-order valence-corrected chi connectivity index (χ3v) is 5.20. The Bertz CT molecular complexity index is 734. The molecule has 0 amide bonds. The van der Waals surface area contributed by atoms with Gasteiger partial charge in [0.25, 0.3) is 0 Å². The maximum absolute atomic E-state index is 12.6. The highest BCUT2D eigenvalue weighted by molar-refractivity contribution is 5.36. The van der Waals surface area contributed by atoms with Gasteiger partial charge in [-0.1, -0.05) is 30.7 Å². The monoisotopic (exact) mass is 377 g/mol. The molecule has 1 aliphatic heterocycles. The maximum Gasteiger partial charge on any atom is 0.416 e. The molecule has 2 aromatic carbocycles. The zero-order valence-electron chi connectivity index (χ0n) is 15.4. The number of rotatable bonds is 6. The lowest BCUT2D eigenvalue weighted by Gasteiger charge is -2.26. The van der Waals surface area contributed by atoms with Gasteiger partial charge in [0.1, 0.15) is 5.75 Å². The molecule has 0 atom stereocenters. The molecule has 1 fully saturated rings. The van der Waals surface area contributed by atoms with E-state index in [0.29, 0.717) is 5.75 Å². The third kappa shape index (κ3) is 5.73. The van der Waals surface area contributed by atoms with E-state index in [1.165, 1.54) is 19.3 Å². The highest BCUT2D eigenvalue weighted by Crippen LogP contribution is 2.29. The number of alkyl halides is 3. The minimum Gasteiger partial charge on any atom is -0.508 e. The van der Waals surface area contributed by atoms with Crippen molar-refractivity contribution in [3.8, 4) is 5.75 Å². The summed E-state index contributed by atoms with van der Waals surface area (Å²) in [5, 5.41) is 10.1. The summed E-state index contributed by atoms with van der Waals surface area (Å²) in [6, 6.07) is 11.2. The zero-order valence-corrected chi connectivity index (χ0v) is 15.4. The summed E-state index contributed by atoms with van der Waals surface area (Å²) in [5.74, 6) is 0.340. The number of nitrogens with zero attached hydrogens (tertiary/aromatic N) is 1. The van der Waals surface area contributed by atoms with Gasteiger partial charge in [-0.15, -0.1) is 0 Å². The fourth-order valence-corrected chi connectivity index (χ4v) is 3.64. The molecule has 2 aromatic rings. The van der Waals surface area contributed by atoms with Gasteiger partial charge in [0.05, 0.1) is 5.56 Å². The van der Waals surface area contributed by atoms with Gasteiger partial charge in [0.2, 0.25) is 0 Å². The van der Waals surface area contributed by atoms with Crippen molar-refractivity contribution in [2.75, 3.05) is 13.1 Å². The Kier molecular flexibility index (Phi) is 6.42. The number of aryl methyl sites for hydroxylation is 2. The van der Waals surface area contributed by atoms with Crippen LogP contribution in [0.5, 0.6) is 5.75 Å². The Morgan fingerprint density at radius 2 is 1.48 bits per heavy atom. The molecule has 0 aromatic heterocycles. The topological polar surface area (TPSA) is 23.5 Å². The van der Waals surface area contributed by atoms with Gasteiger partial charge in [-0.05, 0) is 74.5 Å². The van der Waals surface area contributed by atoms with Gasteiger partial charge in [-0.25, -0.2) is 0 Å². The second-order valence-electron chi connectivity index (χ2n) is 7.35. The SMILES string of the molecule is Oc1ccc(CCCc2ccc(C(F)(F)F)cc2)cc1CN1CCCCC1. The van der Waals surface area contributed by atoms with E-state index in [0.717, 1.165) is 67.7 Å². The zero-order chi connectivity index (χ0) is 19.3. The van der Waals surface area contributed by atoms with Gasteiger partial charge in [0.15, 0.2) is 0 Å². The predicted octanol–water partition coefficient (Wildman–Crippen LogP) is 5.57. The Labute approximate surface area is 158 Å². The maximum atomic E-state index is 12.6. The van der Waals surface area contributed by atoms with Crippen molar-refractivity contribution in [1.82, 2.24) is 4.90 Å². The van der Waals surface area contributed by atoms with E-state index in [-0.39, 0.29) is 0 Å². The van der Waals surface area contributed by atoms with Gasteiger partial charge < -0.3 is 5.11 Å². The van der Waals surface area contributed by atoms with Gasteiger partial charge in [0, 0.05) is 12.1 Å². The Morgan fingerprint density at radius 1 is 0.852 bits per heavy atom. The van der Waals surface area contributed by atoms with E-state index in [2.05, 4.69) is 11.0 Å². The molecule has 146 valence electrons. The van der Waals surface area contributed by atoms with E-state index >= 15 is 0 Å². The van der Waals surface area contributed by atoms with Crippen LogP contribution in [-0.4, -0.2) is 23.1 Å². The molecule has 27 heavy (non-hydrogen) atoms. The molecule has 0 unspecified atom stereocenters. The van der Waals surface area contributed by atoms with Crippen molar-refractivity contribution in [3.05, 3.63) is 64.7 Å². The molecule has 1 N–H and O–H groups in total. The van der Waals surface area contributed by atoms with E-state index in [1.54, 1.807) is 18.2 Å². The first-order chi connectivity index (χ1) is 12.9. The molecule has 0 spiro atoms. The average molecular weight is 377 g/mol. The number of benzene rings is 2. The van der Waals surface area contributed by atoms with Crippen LogP contribution >= 0.6 is 0 Å². The Morgan fingerprint density at radius 3 is 2.15 bits per heavy atom. The quantitative estimate of drug-likeness (QED) is 0.711. The first-order valence-corrected chi connectivity index (χ1v) is 9.61. The molecule has 1 heterocycles. The van der Waals surface area contributed by atoms with Crippen molar-refractivity contribution >= 4 is 0 Å². The molecule has 0 aliphatic carbocycles. The van der Waals surface area contributed by atoms with Gasteiger partial charge in [-0.2, -0.15) is 13.2 Å². The minimum atomic E-state index is -4.28. The molecule has 0 bridgehead atoms. The van der Waals surface area contributed by atoms with Crippen LogP contribution in [0.25, 0.3) is 0 Å². The first kappa shape index (κ1) is 19.7. The van der Waals surface area contributed by atoms with Crippen molar-refractivity contribution in [2.45, 2.75) is 51.2 Å². The third-order valence-electron chi connectivity index (χ3n) is 5.20. The Hall–Kier alpha value is -2.01. The van der Waals surface area contributed by atoms with E-state index < -0.39 is 11.7 Å². The van der Waals surface area contributed by atoms with Gasteiger partial charge in [-0.3, -0.25) is 4.90 Å². The smallest absolute Gasteiger partial charge is 0.416 e. The van der Waals surface area contributed by atoms with Crippen molar-refractivity contribution in [3.63, 3.8) is 0 Å². The van der Waals surface area contributed by atoms with Crippen LogP contribution in [0.2, 0.25) is 0 Å². The molecule has 1 aliphatic rings. The number of phenols is 1. The number of piperidine rings is 1. The van der Waals surface area contributed by atoms with Crippen molar-refractivity contribution in [1.29, 1.82) is 0 Å². The van der Waals surface area contributed by atoms with Crippen molar-refractivity contribution in [2.24, 2.45) is 0 Å². The van der Waals surface area contributed by atoms with Crippen molar-refractivity contribution < 1.29 is 18.3 Å². The second-order valence-corrected chi connectivity index (χ2v) is 7.35. The summed E-state index contributed by atoms with van der Waals surface area (Å²) in [7, 11) is 0. The van der Waals surface area contributed by atoms with Crippen LogP contribution in [0.1, 0.15) is 47.9 Å². The standard InChI is InChI=1S/C22H26F3NO/c23-22(24,25)20-10-7-17(8-11-20)5-4-6-18-9-12-21(27)19(15-18)16-26-13-2-1-3-14-26/h7-12,15,27H,1-6,13-14,16H2. The minimum absolute atomic E-state index is 0.340. The van der Waals surface area contributed by atoms with Crippen LogP contribution in [0.3, 0.4) is 0 Å². The Balaban J connectivity index is 1.54. The predicted molar refractivity (Wildman–Crippen MR) is 101 cm³/mol. The van der Waals surface area contributed by atoms with E-state index in [4.69, 9.17) is 0 Å². The van der Waals surface area contributed by atoms with Crippen LogP contribution in [0.4, 0.5) is 13.2 Å². The number of hydrogen-bond acceptors (Lipinski definition) is 2. The van der Waals surface area contributed by atoms with Crippen LogP contribution in [0.15, 0.2) is 42.5 Å². The number of hydrogen-bond donors (Lipinski definition) is 1. The van der Waals surface area contributed by atoms with E-state index in [9.17, 15) is 18.3 Å². The molecule has 1 saturated heterocycles. The number of aromatic hydroxyl groups is 1. The average Bonchev–Trinajstić information content (AvgIpc) is 2.65. The van der Waals surface area contributed by atoms with Crippen LogP contribution in [0, 0.1) is 0 Å². The molecule has 2 nitrogen and oxygen atoms in total. The highest BCUT2D eigenvalue weighted by Gasteiger charge is 2.29. The van der Waals surface area contributed by atoms with E-state index in [1.807, 2.05) is 6.07 Å². The fourth-order valence-electron chi connectivity index (χ4n) is 3.64. The molecular formula is C22H26F3NO.